The van der Waals surface area contributed by atoms with Crippen molar-refractivity contribution in [3.05, 3.63) is 47.5 Å². The molecule has 1 fully saturated rings. The van der Waals surface area contributed by atoms with Crippen LogP contribution in [0.5, 0.6) is 5.75 Å². The van der Waals surface area contributed by atoms with E-state index in [1.54, 1.807) is 7.11 Å². The maximum Gasteiger partial charge on any atom is 0.227 e. The quantitative estimate of drug-likeness (QED) is 0.766. The molecule has 5 heteroatoms. The Morgan fingerprint density at radius 1 is 1.38 bits per heavy atom. The van der Waals surface area contributed by atoms with Crippen LogP contribution in [0.1, 0.15) is 36.8 Å². The molecule has 2 aromatic rings. The SMILES string of the molecule is CCCn1c(C)cnc1CC1CCN(C(=O)Cc2cccc(OC)c2)C1. The van der Waals surface area contributed by atoms with E-state index in [0.29, 0.717) is 12.3 Å². The molecule has 2 heterocycles. The highest BCUT2D eigenvalue weighted by Crippen LogP contribution is 2.22. The van der Waals surface area contributed by atoms with E-state index >= 15 is 0 Å². The highest BCUT2D eigenvalue weighted by Gasteiger charge is 2.27. The van der Waals surface area contributed by atoms with Gasteiger partial charge in [0.05, 0.1) is 13.5 Å². The monoisotopic (exact) mass is 355 g/mol. The van der Waals surface area contributed by atoms with Crippen LogP contribution in [0, 0.1) is 12.8 Å². The predicted octanol–water partition coefficient (Wildman–Crippen LogP) is 3.24. The van der Waals surface area contributed by atoms with Crippen LogP contribution in [0.25, 0.3) is 0 Å². The Balaban J connectivity index is 1.57. The number of hydrogen-bond donors (Lipinski definition) is 0. The molecule has 26 heavy (non-hydrogen) atoms. The third kappa shape index (κ3) is 4.26. The number of hydrogen-bond acceptors (Lipinski definition) is 3. The molecule has 0 radical (unpaired) electrons. The topological polar surface area (TPSA) is 47.4 Å². The minimum absolute atomic E-state index is 0.203. The first-order valence-corrected chi connectivity index (χ1v) is 9.52. The number of carbonyl (C=O) groups excluding carboxylic acids is 1. The second kappa shape index (κ2) is 8.39. The summed E-state index contributed by atoms with van der Waals surface area (Å²) in [6.45, 7) is 7.01. The fourth-order valence-corrected chi connectivity index (χ4v) is 3.76. The van der Waals surface area contributed by atoms with Crippen molar-refractivity contribution in [1.29, 1.82) is 0 Å². The van der Waals surface area contributed by atoms with Crippen molar-refractivity contribution in [1.82, 2.24) is 14.5 Å². The molecule has 1 aliphatic heterocycles. The van der Waals surface area contributed by atoms with Crippen LogP contribution in [0.15, 0.2) is 30.5 Å². The number of aryl methyl sites for hydroxylation is 1. The normalized spacial score (nSPS) is 16.9. The van der Waals surface area contributed by atoms with Crippen molar-refractivity contribution >= 4 is 5.91 Å². The minimum atomic E-state index is 0.203. The molecule has 3 rings (SSSR count). The molecule has 1 aliphatic rings. The molecule has 0 spiro atoms. The number of methoxy groups -OCH3 is 1. The lowest BCUT2D eigenvalue weighted by Gasteiger charge is -2.17. The van der Waals surface area contributed by atoms with Crippen molar-refractivity contribution in [2.24, 2.45) is 5.92 Å². The lowest BCUT2D eigenvalue weighted by molar-refractivity contribution is -0.129. The lowest BCUT2D eigenvalue weighted by atomic mass is 10.0. The van der Waals surface area contributed by atoms with E-state index in [2.05, 4.69) is 23.4 Å². The number of benzene rings is 1. The molecule has 1 saturated heterocycles. The number of carbonyl (C=O) groups is 1. The summed E-state index contributed by atoms with van der Waals surface area (Å²) in [5.41, 5.74) is 2.23. The second-order valence-electron chi connectivity index (χ2n) is 7.19. The molecule has 0 N–H and O–H groups in total. The van der Waals surface area contributed by atoms with Crippen molar-refractivity contribution in [2.75, 3.05) is 20.2 Å². The van der Waals surface area contributed by atoms with Crippen LogP contribution in [0.4, 0.5) is 0 Å². The number of rotatable bonds is 7. The smallest absolute Gasteiger partial charge is 0.227 e. The van der Waals surface area contributed by atoms with Crippen LogP contribution in [-0.2, 0) is 24.2 Å². The Hall–Kier alpha value is -2.30. The summed E-state index contributed by atoms with van der Waals surface area (Å²) in [7, 11) is 1.65. The molecule has 0 aliphatic carbocycles. The lowest BCUT2D eigenvalue weighted by Crippen LogP contribution is -2.30. The Morgan fingerprint density at radius 2 is 2.23 bits per heavy atom. The fraction of sp³-hybridized carbons (Fsp3) is 0.524. The summed E-state index contributed by atoms with van der Waals surface area (Å²) >= 11 is 0. The van der Waals surface area contributed by atoms with E-state index in [4.69, 9.17) is 4.74 Å². The first-order valence-electron chi connectivity index (χ1n) is 9.52. The van der Waals surface area contributed by atoms with E-state index in [1.165, 1.54) is 5.69 Å². The Labute approximate surface area is 156 Å². The molecule has 1 aromatic heterocycles. The van der Waals surface area contributed by atoms with Gasteiger partial charge in [0.1, 0.15) is 11.6 Å². The summed E-state index contributed by atoms with van der Waals surface area (Å²) in [5.74, 6) is 2.67. The highest BCUT2D eigenvalue weighted by atomic mass is 16.5. The van der Waals surface area contributed by atoms with E-state index in [-0.39, 0.29) is 5.91 Å². The average Bonchev–Trinajstić information content (AvgIpc) is 3.24. The average molecular weight is 355 g/mol. The van der Waals surface area contributed by atoms with Gasteiger partial charge in [-0.15, -0.1) is 0 Å². The highest BCUT2D eigenvalue weighted by molar-refractivity contribution is 5.79. The summed E-state index contributed by atoms with van der Waals surface area (Å²) in [6.07, 6.45) is 5.53. The van der Waals surface area contributed by atoms with E-state index in [9.17, 15) is 4.79 Å². The molecular weight excluding hydrogens is 326 g/mol. The Kier molecular flexibility index (Phi) is 5.96. The van der Waals surface area contributed by atoms with Gasteiger partial charge in [-0.3, -0.25) is 4.79 Å². The van der Waals surface area contributed by atoms with E-state index < -0.39 is 0 Å². The van der Waals surface area contributed by atoms with Gasteiger partial charge in [-0.1, -0.05) is 19.1 Å². The zero-order valence-electron chi connectivity index (χ0n) is 16.1. The van der Waals surface area contributed by atoms with Gasteiger partial charge < -0.3 is 14.2 Å². The number of likely N-dealkylation sites (tertiary alicyclic amines) is 1. The fourth-order valence-electron chi connectivity index (χ4n) is 3.76. The van der Waals surface area contributed by atoms with Crippen LogP contribution in [0.2, 0.25) is 0 Å². The number of imidazole rings is 1. The number of ether oxygens (including phenoxy) is 1. The first kappa shape index (κ1) is 18.5. The largest absolute Gasteiger partial charge is 0.497 e. The van der Waals surface area contributed by atoms with Crippen molar-refractivity contribution in [2.45, 2.75) is 46.1 Å². The van der Waals surface area contributed by atoms with Gasteiger partial charge in [-0.05, 0) is 43.4 Å². The van der Waals surface area contributed by atoms with Crippen LogP contribution >= 0.6 is 0 Å². The van der Waals surface area contributed by atoms with E-state index in [0.717, 1.165) is 56.0 Å². The van der Waals surface area contributed by atoms with Crippen molar-refractivity contribution < 1.29 is 9.53 Å². The zero-order valence-corrected chi connectivity index (χ0v) is 16.1. The molecule has 0 bridgehead atoms. The first-order chi connectivity index (χ1) is 12.6. The number of nitrogens with zero attached hydrogens (tertiary/aromatic N) is 3. The van der Waals surface area contributed by atoms with Gasteiger partial charge in [-0.25, -0.2) is 4.98 Å². The molecular formula is C21H29N3O2. The van der Waals surface area contributed by atoms with Gasteiger partial charge in [-0.2, -0.15) is 0 Å². The standard InChI is InChI=1S/C21H29N3O2/c1-4-9-24-16(2)14-22-20(24)12-18-8-10-23(15-18)21(25)13-17-6-5-7-19(11-17)26-3/h5-7,11,14,18H,4,8-10,12-13,15H2,1-3H3. The van der Waals surface area contributed by atoms with Gasteiger partial charge in [0.25, 0.3) is 0 Å². The maximum atomic E-state index is 12.7. The van der Waals surface area contributed by atoms with Gasteiger partial charge in [0.15, 0.2) is 0 Å². The van der Waals surface area contributed by atoms with Crippen LogP contribution in [0.3, 0.4) is 0 Å². The molecule has 1 unspecified atom stereocenters. The molecule has 1 aromatic carbocycles. The van der Waals surface area contributed by atoms with Crippen LogP contribution < -0.4 is 4.74 Å². The Bertz CT molecular complexity index is 753. The molecule has 0 saturated carbocycles. The predicted molar refractivity (Wildman–Crippen MR) is 102 cm³/mol. The van der Waals surface area contributed by atoms with E-state index in [1.807, 2.05) is 35.4 Å². The number of aromatic nitrogens is 2. The van der Waals surface area contributed by atoms with Gasteiger partial charge in [0, 0.05) is 37.9 Å². The molecule has 5 nitrogen and oxygen atoms in total. The van der Waals surface area contributed by atoms with Crippen LogP contribution in [-0.4, -0.2) is 40.6 Å². The minimum Gasteiger partial charge on any atom is -0.497 e. The van der Waals surface area contributed by atoms with Crippen molar-refractivity contribution in [3.63, 3.8) is 0 Å². The third-order valence-electron chi connectivity index (χ3n) is 5.18. The Morgan fingerprint density at radius 3 is 3.00 bits per heavy atom. The van der Waals surface area contributed by atoms with Crippen molar-refractivity contribution in [3.8, 4) is 5.75 Å². The molecule has 140 valence electrons. The second-order valence-corrected chi connectivity index (χ2v) is 7.19. The summed E-state index contributed by atoms with van der Waals surface area (Å²) in [4.78, 5) is 19.3. The van der Waals surface area contributed by atoms with Gasteiger partial charge in [0.2, 0.25) is 5.91 Å². The summed E-state index contributed by atoms with van der Waals surface area (Å²) < 4.78 is 7.56. The number of amides is 1. The molecule has 1 atom stereocenters. The summed E-state index contributed by atoms with van der Waals surface area (Å²) in [6, 6.07) is 7.76. The van der Waals surface area contributed by atoms with Gasteiger partial charge >= 0.3 is 0 Å². The maximum absolute atomic E-state index is 12.7. The zero-order chi connectivity index (χ0) is 18.5. The molecule has 1 amide bonds. The summed E-state index contributed by atoms with van der Waals surface area (Å²) in [5, 5.41) is 0. The third-order valence-corrected chi connectivity index (χ3v) is 5.18.